The lowest BCUT2D eigenvalue weighted by molar-refractivity contribution is 0.0694. The van der Waals surface area contributed by atoms with Crippen molar-refractivity contribution in [3.05, 3.63) is 45.7 Å². The van der Waals surface area contributed by atoms with E-state index in [1.807, 2.05) is 17.1 Å². The molecule has 3 rings (SSSR count). The highest BCUT2D eigenvalue weighted by Gasteiger charge is 2.19. The van der Waals surface area contributed by atoms with Gasteiger partial charge >= 0.3 is 5.97 Å². The molecule has 0 atom stereocenters. The third-order valence-corrected chi connectivity index (χ3v) is 4.24. The summed E-state index contributed by atoms with van der Waals surface area (Å²) in [6, 6.07) is 5.63. The van der Waals surface area contributed by atoms with Crippen molar-refractivity contribution in [2.24, 2.45) is 5.73 Å². The van der Waals surface area contributed by atoms with Crippen LogP contribution in [0.15, 0.2) is 29.2 Å². The van der Waals surface area contributed by atoms with Crippen molar-refractivity contribution in [1.82, 2.24) is 4.68 Å². The quantitative estimate of drug-likeness (QED) is 0.831. The standard InChI is InChI=1S/C17H21N3O4/c18-5-1-2-12-3-4-15-13(10-12)16(21)14(17(22)23)11-20(15)19-6-8-24-9-7-19/h3-4,10-11H,1-2,5-9,18H2,(H,22,23). The summed E-state index contributed by atoms with van der Waals surface area (Å²) in [6.07, 6.45) is 3.00. The molecule has 1 fully saturated rings. The van der Waals surface area contributed by atoms with Crippen molar-refractivity contribution < 1.29 is 14.6 Å². The van der Waals surface area contributed by atoms with E-state index < -0.39 is 11.4 Å². The van der Waals surface area contributed by atoms with E-state index in [1.54, 1.807) is 10.7 Å². The van der Waals surface area contributed by atoms with Gasteiger partial charge in [0.1, 0.15) is 5.56 Å². The van der Waals surface area contributed by atoms with E-state index in [2.05, 4.69) is 0 Å². The maximum Gasteiger partial charge on any atom is 0.341 e. The molecule has 0 unspecified atom stereocenters. The number of carboxylic acid groups (broad SMARTS) is 1. The number of carbonyl (C=O) groups is 1. The fraction of sp³-hybridized carbons (Fsp3) is 0.412. The number of hydrogen-bond donors (Lipinski definition) is 2. The number of aromatic nitrogens is 1. The number of benzene rings is 1. The first-order valence-corrected chi connectivity index (χ1v) is 8.06. The molecule has 1 aliphatic rings. The van der Waals surface area contributed by atoms with E-state index >= 15 is 0 Å². The van der Waals surface area contributed by atoms with Crippen LogP contribution in [0, 0.1) is 0 Å². The second-order valence-electron chi connectivity index (χ2n) is 5.83. The van der Waals surface area contributed by atoms with Gasteiger partial charge in [-0.05, 0) is 37.1 Å². The molecule has 1 aromatic heterocycles. The summed E-state index contributed by atoms with van der Waals surface area (Å²) in [5, 5.41) is 11.8. The van der Waals surface area contributed by atoms with Gasteiger partial charge in [-0.25, -0.2) is 4.79 Å². The van der Waals surface area contributed by atoms with E-state index in [1.165, 1.54) is 6.20 Å². The Morgan fingerprint density at radius 1 is 1.29 bits per heavy atom. The average Bonchev–Trinajstić information content (AvgIpc) is 2.61. The number of aryl methyl sites for hydroxylation is 1. The molecule has 128 valence electrons. The van der Waals surface area contributed by atoms with Crippen molar-refractivity contribution in [1.29, 1.82) is 0 Å². The highest BCUT2D eigenvalue weighted by atomic mass is 16.5. The Labute approximate surface area is 139 Å². The van der Waals surface area contributed by atoms with Gasteiger partial charge in [0.05, 0.1) is 31.8 Å². The van der Waals surface area contributed by atoms with Gasteiger partial charge in [0.15, 0.2) is 0 Å². The Balaban J connectivity index is 2.17. The summed E-state index contributed by atoms with van der Waals surface area (Å²) >= 11 is 0. The van der Waals surface area contributed by atoms with Crippen LogP contribution in [0.3, 0.4) is 0 Å². The van der Waals surface area contributed by atoms with Crippen LogP contribution in [0.4, 0.5) is 0 Å². The smallest absolute Gasteiger partial charge is 0.341 e. The first kappa shape index (κ1) is 16.5. The minimum absolute atomic E-state index is 0.218. The maximum absolute atomic E-state index is 12.6. The van der Waals surface area contributed by atoms with Gasteiger partial charge < -0.3 is 20.6 Å². The molecule has 24 heavy (non-hydrogen) atoms. The van der Waals surface area contributed by atoms with Gasteiger partial charge in [0, 0.05) is 11.6 Å². The van der Waals surface area contributed by atoms with E-state index in [0.717, 1.165) is 18.4 Å². The zero-order valence-corrected chi connectivity index (χ0v) is 13.4. The molecule has 0 amide bonds. The molecule has 0 bridgehead atoms. The Bertz CT molecular complexity index is 809. The molecule has 1 aliphatic heterocycles. The molecular weight excluding hydrogens is 310 g/mol. The first-order valence-electron chi connectivity index (χ1n) is 8.06. The zero-order chi connectivity index (χ0) is 17.1. The van der Waals surface area contributed by atoms with Gasteiger partial charge in [0.2, 0.25) is 5.43 Å². The minimum atomic E-state index is -1.21. The van der Waals surface area contributed by atoms with Crippen molar-refractivity contribution in [3.8, 4) is 0 Å². The summed E-state index contributed by atoms with van der Waals surface area (Å²) in [4.78, 5) is 24.1. The highest BCUT2D eigenvalue weighted by molar-refractivity contribution is 5.92. The second kappa shape index (κ2) is 7.02. The summed E-state index contributed by atoms with van der Waals surface area (Å²) in [5.74, 6) is -1.21. The highest BCUT2D eigenvalue weighted by Crippen LogP contribution is 2.17. The predicted molar refractivity (Wildman–Crippen MR) is 91.3 cm³/mol. The second-order valence-corrected chi connectivity index (χ2v) is 5.83. The molecule has 0 spiro atoms. The van der Waals surface area contributed by atoms with Crippen LogP contribution in [0.25, 0.3) is 10.9 Å². The van der Waals surface area contributed by atoms with E-state index in [4.69, 9.17) is 10.5 Å². The Kier molecular flexibility index (Phi) is 4.82. The predicted octanol–water partition coefficient (Wildman–Crippen LogP) is 0.559. The fourth-order valence-corrected chi connectivity index (χ4v) is 2.98. The third kappa shape index (κ3) is 3.13. The summed E-state index contributed by atoms with van der Waals surface area (Å²) < 4.78 is 7.13. The number of hydrogen-bond acceptors (Lipinski definition) is 5. The number of nitrogens with two attached hydrogens (primary N) is 1. The number of rotatable bonds is 5. The number of pyridine rings is 1. The van der Waals surface area contributed by atoms with Crippen LogP contribution in [0.5, 0.6) is 0 Å². The van der Waals surface area contributed by atoms with E-state index in [0.29, 0.717) is 43.8 Å². The van der Waals surface area contributed by atoms with Gasteiger partial charge in [-0.15, -0.1) is 0 Å². The lowest BCUT2D eigenvalue weighted by Crippen LogP contribution is -2.44. The molecule has 1 aromatic carbocycles. The van der Waals surface area contributed by atoms with Gasteiger partial charge in [-0.1, -0.05) is 6.07 Å². The van der Waals surface area contributed by atoms with Crippen LogP contribution in [-0.4, -0.2) is 48.6 Å². The zero-order valence-electron chi connectivity index (χ0n) is 13.4. The van der Waals surface area contributed by atoms with Gasteiger partial charge in [-0.2, -0.15) is 0 Å². The lowest BCUT2D eigenvalue weighted by Gasteiger charge is -2.32. The number of fused-ring (bicyclic) bond motifs is 1. The number of nitrogens with zero attached hydrogens (tertiary/aromatic N) is 2. The number of carboxylic acids is 1. The fourth-order valence-electron chi connectivity index (χ4n) is 2.98. The molecule has 3 N–H and O–H groups in total. The third-order valence-electron chi connectivity index (χ3n) is 4.24. The molecule has 0 radical (unpaired) electrons. The summed E-state index contributed by atoms with van der Waals surface area (Å²) in [7, 11) is 0. The average molecular weight is 331 g/mol. The van der Waals surface area contributed by atoms with Crippen LogP contribution >= 0.6 is 0 Å². The Morgan fingerprint density at radius 3 is 2.71 bits per heavy atom. The topological polar surface area (TPSA) is 97.8 Å². The normalized spacial score (nSPS) is 15.0. The number of ether oxygens (including phenoxy) is 1. The largest absolute Gasteiger partial charge is 0.477 e. The molecule has 0 aliphatic carbocycles. The summed E-state index contributed by atoms with van der Waals surface area (Å²) in [6.45, 7) is 3.01. The molecular formula is C17H21N3O4. The maximum atomic E-state index is 12.6. The SMILES string of the molecule is NCCCc1ccc2c(c1)c(=O)c(C(=O)O)cn2N1CCOCC1. The molecule has 2 aromatic rings. The van der Waals surface area contributed by atoms with Crippen molar-refractivity contribution >= 4 is 16.9 Å². The van der Waals surface area contributed by atoms with Crippen molar-refractivity contribution in [3.63, 3.8) is 0 Å². The van der Waals surface area contributed by atoms with Gasteiger partial charge in [0.25, 0.3) is 0 Å². The van der Waals surface area contributed by atoms with Gasteiger partial charge in [-0.3, -0.25) is 9.47 Å². The van der Waals surface area contributed by atoms with Crippen molar-refractivity contribution in [2.45, 2.75) is 12.8 Å². The number of morpholine rings is 1. The van der Waals surface area contributed by atoms with Crippen molar-refractivity contribution in [2.75, 3.05) is 37.9 Å². The minimum Gasteiger partial charge on any atom is -0.477 e. The molecule has 7 nitrogen and oxygen atoms in total. The number of aromatic carboxylic acids is 1. The van der Waals surface area contributed by atoms with Crippen LogP contribution in [0.2, 0.25) is 0 Å². The van der Waals surface area contributed by atoms with E-state index in [9.17, 15) is 14.7 Å². The summed E-state index contributed by atoms with van der Waals surface area (Å²) in [5.41, 5.74) is 6.58. The van der Waals surface area contributed by atoms with Crippen LogP contribution < -0.4 is 16.2 Å². The molecule has 2 heterocycles. The van der Waals surface area contributed by atoms with E-state index in [-0.39, 0.29) is 5.56 Å². The molecule has 7 heteroatoms. The Morgan fingerprint density at radius 2 is 2.04 bits per heavy atom. The Hall–Kier alpha value is -2.38. The molecule has 1 saturated heterocycles. The van der Waals surface area contributed by atoms with Crippen LogP contribution in [-0.2, 0) is 11.2 Å². The monoisotopic (exact) mass is 331 g/mol. The lowest BCUT2D eigenvalue weighted by atomic mass is 10.0. The molecule has 0 saturated carbocycles. The van der Waals surface area contributed by atoms with Crippen LogP contribution in [0.1, 0.15) is 22.3 Å². The first-order chi connectivity index (χ1) is 11.6.